The molecule has 0 aromatic heterocycles. The third-order valence-electron chi connectivity index (χ3n) is 1.37. The molecule has 0 bridgehead atoms. The summed E-state index contributed by atoms with van der Waals surface area (Å²) in [5.41, 5.74) is 3.37. The zero-order valence-electron chi connectivity index (χ0n) is 4.82. The molecule has 0 atom stereocenters. The van der Waals surface area contributed by atoms with Gasteiger partial charge in [0.1, 0.15) is 0 Å². The molecule has 0 unspecified atom stereocenters. The standard InChI is InChI=1S/C6H10Te/c1-5-3-7-4-6(5)2/h3-4H2,1-2H3. The van der Waals surface area contributed by atoms with E-state index in [1.54, 1.807) is 11.1 Å². The average molecular weight is 210 g/mol. The van der Waals surface area contributed by atoms with E-state index in [4.69, 9.17) is 0 Å². The molecule has 7 heavy (non-hydrogen) atoms. The van der Waals surface area contributed by atoms with Crippen molar-refractivity contribution in [3.63, 3.8) is 0 Å². The minimum atomic E-state index is 0.440. The predicted octanol–water partition coefficient (Wildman–Crippen LogP) is 1.88. The SMILES string of the molecule is CC1=C(C)C[Te]C1. The number of rotatable bonds is 0. The number of hydrogen-bond donors (Lipinski definition) is 0. The molecule has 0 aromatic rings. The second-order valence-corrected chi connectivity index (χ2v) is 4.87. The van der Waals surface area contributed by atoms with Crippen LogP contribution in [0.3, 0.4) is 0 Å². The van der Waals surface area contributed by atoms with E-state index in [1.165, 1.54) is 8.94 Å². The maximum atomic E-state index is 2.27. The molecule has 0 aliphatic carbocycles. The molecule has 1 heteroatoms. The molecule has 0 N–H and O–H groups in total. The van der Waals surface area contributed by atoms with Crippen LogP contribution in [0.25, 0.3) is 0 Å². The quantitative estimate of drug-likeness (QED) is 0.422. The van der Waals surface area contributed by atoms with Crippen LogP contribution < -0.4 is 0 Å². The Hall–Kier alpha value is 0.530. The van der Waals surface area contributed by atoms with Crippen LogP contribution in [0, 0.1) is 0 Å². The van der Waals surface area contributed by atoms with E-state index in [9.17, 15) is 0 Å². The van der Waals surface area contributed by atoms with Crippen molar-refractivity contribution in [2.45, 2.75) is 22.8 Å². The molecule has 0 nitrogen and oxygen atoms in total. The Labute approximate surface area is 55.1 Å². The molecule has 0 amide bonds. The fraction of sp³-hybridized carbons (Fsp3) is 0.667. The van der Waals surface area contributed by atoms with Crippen LogP contribution in [0.15, 0.2) is 11.1 Å². The molecular formula is C6H10Te. The van der Waals surface area contributed by atoms with Crippen LogP contribution in [0.2, 0.25) is 8.94 Å². The minimum absolute atomic E-state index is 0.440. The average Bonchev–Trinajstić information content (AvgIpc) is 1.91. The Kier molecular flexibility index (Phi) is 1.78. The Morgan fingerprint density at radius 2 is 1.57 bits per heavy atom. The molecule has 1 rings (SSSR count). The first-order valence-corrected chi connectivity index (χ1v) is 5.83. The van der Waals surface area contributed by atoms with Crippen LogP contribution in [-0.2, 0) is 0 Å². The first-order valence-electron chi connectivity index (χ1n) is 2.53. The number of hydrogen-bond acceptors (Lipinski definition) is 0. The van der Waals surface area contributed by atoms with Gasteiger partial charge in [-0.2, -0.15) is 0 Å². The van der Waals surface area contributed by atoms with Crippen molar-refractivity contribution >= 4 is 20.9 Å². The second-order valence-electron chi connectivity index (χ2n) is 2.05. The molecular weight excluding hydrogens is 200 g/mol. The van der Waals surface area contributed by atoms with Crippen LogP contribution in [0.4, 0.5) is 0 Å². The van der Waals surface area contributed by atoms with Gasteiger partial charge in [0.25, 0.3) is 0 Å². The van der Waals surface area contributed by atoms with Gasteiger partial charge in [-0.15, -0.1) is 0 Å². The van der Waals surface area contributed by atoms with E-state index in [2.05, 4.69) is 13.8 Å². The van der Waals surface area contributed by atoms with Gasteiger partial charge in [0, 0.05) is 0 Å². The van der Waals surface area contributed by atoms with Crippen molar-refractivity contribution in [2.24, 2.45) is 0 Å². The zero-order chi connectivity index (χ0) is 5.28. The summed E-state index contributed by atoms with van der Waals surface area (Å²) < 4.78 is 2.97. The van der Waals surface area contributed by atoms with Gasteiger partial charge in [-0.25, -0.2) is 0 Å². The zero-order valence-corrected chi connectivity index (χ0v) is 7.15. The van der Waals surface area contributed by atoms with Crippen molar-refractivity contribution < 1.29 is 0 Å². The van der Waals surface area contributed by atoms with Gasteiger partial charge >= 0.3 is 54.9 Å². The van der Waals surface area contributed by atoms with Gasteiger partial charge in [-0.1, -0.05) is 0 Å². The normalized spacial score (nSPS) is 21.4. The van der Waals surface area contributed by atoms with E-state index in [1.807, 2.05) is 0 Å². The van der Waals surface area contributed by atoms with Crippen molar-refractivity contribution in [2.75, 3.05) is 0 Å². The molecule has 1 heterocycles. The summed E-state index contributed by atoms with van der Waals surface area (Å²) in [6.45, 7) is 4.54. The first kappa shape index (κ1) is 5.66. The first-order chi connectivity index (χ1) is 3.30. The predicted molar refractivity (Wildman–Crippen MR) is 33.7 cm³/mol. The van der Waals surface area contributed by atoms with E-state index < -0.39 is 0 Å². The van der Waals surface area contributed by atoms with Gasteiger partial charge in [0.2, 0.25) is 0 Å². The van der Waals surface area contributed by atoms with Gasteiger partial charge in [-0.3, -0.25) is 0 Å². The third kappa shape index (κ3) is 1.21. The summed E-state index contributed by atoms with van der Waals surface area (Å²) in [4.78, 5) is 0. The Morgan fingerprint density at radius 3 is 1.71 bits per heavy atom. The second kappa shape index (κ2) is 2.20. The third-order valence-corrected chi connectivity index (χ3v) is 5.00. The maximum absolute atomic E-state index is 2.27. The summed E-state index contributed by atoms with van der Waals surface area (Å²) >= 11 is 0.440. The van der Waals surface area contributed by atoms with E-state index in [0.29, 0.717) is 20.9 Å². The van der Waals surface area contributed by atoms with Crippen LogP contribution >= 0.6 is 0 Å². The molecule has 0 saturated heterocycles. The fourth-order valence-corrected chi connectivity index (χ4v) is 4.05. The Balaban J connectivity index is 2.64. The van der Waals surface area contributed by atoms with Gasteiger partial charge in [0.05, 0.1) is 0 Å². The molecule has 40 valence electrons. The van der Waals surface area contributed by atoms with E-state index in [-0.39, 0.29) is 0 Å². The Bertz CT molecular complexity index is 90.7. The van der Waals surface area contributed by atoms with Gasteiger partial charge in [0.15, 0.2) is 0 Å². The Morgan fingerprint density at radius 1 is 1.14 bits per heavy atom. The van der Waals surface area contributed by atoms with Crippen molar-refractivity contribution in [3.8, 4) is 0 Å². The molecule has 1 aliphatic rings. The molecule has 0 saturated carbocycles. The topological polar surface area (TPSA) is 0 Å². The monoisotopic (exact) mass is 212 g/mol. The van der Waals surface area contributed by atoms with Crippen LogP contribution in [0.1, 0.15) is 13.8 Å². The van der Waals surface area contributed by atoms with Crippen LogP contribution in [0.5, 0.6) is 0 Å². The van der Waals surface area contributed by atoms with Crippen molar-refractivity contribution in [3.05, 3.63) is 11.1 Å². The van der Waals surface area contributed by atoms with Gasteiger partial charge < -0.3 is 0 Å². The molecule has 0 aromatic carbocycles. The van der Waals surface area contributed by atoms with Crippen molar-refractivity contribution in [1.82, 2.24) is 0 Å². The molecule has 0 fully saturated rings. The van der Waals surface area contributed by atoms with Crippen LogP contribution in [-0.4, -0.2) is 20.9 Å². The summed E-state index contributed by atoms with van der Waals surface area (Å²) in [6.07, 6.45) is 0. The van der Waals surface area contributed by atoms with Crippen molar-refractivity contribution in [1.29, 1.82) is 0 Å². The summed E-state index contributed by atoms with van der Waals surface area (Å²) in [6, 6.07) is 0. The summed E-state index contributed by atoms with van der Waals surface area (Å²) in [7, 11) is 0. The summed E-state index contributed by atoms with van der Waals surface area (Å²) in [5, 5.41) is 0. The molecule has 0 radical (unpaired) electrons. The molecule has 1 aliphatic heterocycles. The summed E-state index contributed by atoms with van der Waals surface area (Å²) in [5.74, 6) is 0. The van der Waals surface area contributed by atoms with E-state index >= 15 is 0 Å². The fourth-order valence-electron chi connectivity index (χ4n) is 0.604. The number of allylic oxidation sites excluding steroid dienone is 2. The van der Waals surface area contributed by atoms with E-state index in [0.717, 1.165) is 0 Å². The van der Waals surface area contributed by atoms with Gasteiger partial charge in [-0.05, 0) is 0 Å². The molecule has 0 spiro atoms.